The number of nitrogens with zero attached hydrogens (tertiary/aromatic N) is 4. The number of fused-ring (bicyclic) bond motifs is 1. The minimum absolute atomic E-state index is 0.0647. The first kappa shape index (κ1) is 25.3. The van der Waals surface area contributed by atoms with Crippen LogP contribution < -0.4 is 10.9 Å². The monoisotopic (exact) mass is 501 g/mol. The molecule has 37 heavy (non-hydrogen) atoms. The van der Waals surface area contributed by atoms with Crippen molar-refractivity contribution in [2.24, 2.45) is 0 Å². The number of anilines is 1. The quantitative estimate of drug-likeness (QED) is 0.497. The van der Waals surface area contributed by atoms with E-state index >= 15 is 0 Å². The number of hydrogen-bond donors (Lipinski definition) is 1. The molecule has 0 radical (unpaired) electrons. The minimum atomic E-state index is -0.629. The molecule has 8 nitrogen and oxygen atoms in total. The topological polar surface area (TPSA) is 87.5 Å². The second-order valence-corrected chi connectivity index (χ2v) is 10.5. The molecule has 2 aromatic carbocycles. The van der Waals surface area contributed by atoms with E-state index in [1.807, 2.05) is 12.1 Å². The van der Waals surface area contributed by atoms with Crippen LogP contribution in [0.15, 0.2) is 53.6 Å². The fourth-order valence-corrected chi connectivity index (χ4v) is 5.36. The highest BCUT2D eigenvalue weighted by Gasteiger charge is 2.29. The van der Waals surface area contributed by atoms with Crippen LogP contribution in [0.1, 0.15) is 50.3 Å². The van der Waals surface area contributed by atoms with Crippen LogP contribution in [0.25, 0.3) is 10.9 Å². The summed E-state index contributed by atoms with van der Waals surface area (Å²) in [6.45, 7) is 10.5. The van der Waals surface area contributed by atoms with Gasteiger partial charge < -0.3 is 5.32 Å². The summed E-state index contributed by atoms with van der Waals surface area (Å²) in [5.41, 5.74) is 3.44. The molecule has 0 spiro atoms. The SMILES string of the molecule is CC(C)N1CCN(Cc2ccc(CNc3cccc4ncn(C5CCC(=O)CC5=O)c(=O)c34)cc2)CC1. The highest BCUT2D eigenvalue weighted by Crippen LogP contribution is 2.24. The van der Waals surface area contributed by atoms with Crippen molar-refractivity contribution in [2.75, 3.05) is 31.5 Å². The van der Waals surface area contributed by atoms with Crippen LogP contribution in [0.4, 0.5) is 5.69 Å². The molecular formula is C29H35N5O3. The summed E-state index contributed by atoms with van der Waals surface area (Å²) in [6.07, 6.45) is 1.98. The van der Waals surface area contributed by atoms with Crippen LogP contribution in [0, 0.1) is 0 Å². The smallest absolute Gasteiger partial charge is 0.263 e. The summed E-state index contributed by atoms with van der Waals surface area (Å²) in [7, 11) is 0. The fraction of sp³-hybridized carbons (Fsp3) is 0.448. The number of nitrogens with one attached hydrogen (secondary N) is 1. The molecular weight excluding hydrogens is 466 g/mol. The molecule has 194 valence electrons. The van der Waals surface area contributed by atoms with E-state index in [1.165, 1.54) is 16.5 Å². The predicted octanol–water partition coefficient (Wildman–Crippen LogP) is 3.40. The molecule has 1 aliphatic heterocycles. The van der Waals surface area contributed by atoms with E-state index in [4.69, 9.17) is 0 Å². The first-order chi connectivity index (χ1) is 17.9. The molecule has 1 aliphatic carbocycles. The van der Waals surface area contributed by atoms with E-state index in [0.717, 1.165) is 38.3 Å². The van der Waals surface area contributed by atoms with Crippen molar-refractivity contribution < 1.29 is 9.59 Å². The Balaban J connectivity index is 1.26. The third-order valence-corrected chi connectivity index (χ3v) is 7.64. The van der Waals surface area contributed by atoms with Gasteiger partial charge in [0.2, 0.25) is 0 Å². The largest absolute Gasteiger partial charge is 0.380 e. The van der Waals surface area contributed by atoms with E-state index < -0.39 is 6.04 Å². The van der Waals surface area contributed by atoms with Crippen molar-refractivity contribution in [3.05, 3.63) is 70.3 Å². The van der Waals surface area contributed by atoms with Crippen LogP contribution in [0.5, 0.6) is 0 Å². The van der Waals surface area contributed by atoms with Gasteiger partial charge in [0, 0.05) is 57.4 Å². The molecule has 1 N–H and O–H groups in total. The summed E-state index contributed by atoms with van der Waals surface area (Å²) in [6, 6.07) is 14.1. The zero-order valence-corrected chi connectivity index (χ0v) is 21.7. The van der Waals surface area contributed by atoms with Crippen molar-refractivity contribution in [3.8, 4) is 0 Å². The zero-order chi connectivity index (χ0) is 25.9. The van der Waals surface area contributed by atoms with Crippen LogP contribution >= 0.6 is 0 Å². The first-order valence-corrected chi connectivity index (χ1v) is 13.2. The molecule has 2 aliphatic rings. The molecule has 5 rings (SSSR count). The fourth-order valence-electron chi connectivity index (χ4n) is 5.36. The number of aromatic nitrogens is 2. The molecule has 3 aromatic rings. The van der Waals surface area contributed by atoms with Crippen LogP contribution in [-0.2, 0) is 22.7 Å². The lowest BCUT2D eigenvalue weighted by atomic mass is 9.93. The number of rotatable bonds is 7. The number of Topliss-reactive ketones (excluding diaryl/α,β-unsaturated/α-hetero) is 2. The summed E-state index contributed by atoms with van der Waals surface area (Å²) in [5.74, 6) is -0.281. The maximum Gasteiger partial charge on any atom is 0.263 e. The summed E-state index contributed by atoms with van der Waals surface area (Å²) >= 11 is 0. The van der Waals surface area contributed by atoms with Crippen molar-refractivity contribution in [1.29, 1.82) is 0 Å². The van der Waals surface area contributed by atoms with Gasteiger partial charge in [0.1, 0.15) is 5.78 Å². The molecule has 2 fully saturated rings. The van der Waals surface area contributed by atoms with Gasteiger partial charge >= 0.3 is 0 Å². The van der Waals surface area contributed by atoms with Gasteiger partial charge in [-0.15, -0.1) is 0 Å². The Labute approximate surface area is 217 Å². The molecule has 1 saturated heterocycles. The van der Waals surface area contributed by atoms with Gasteiger partial charge in [-0.3, -0.25) is 28.8 Å². The van der Waals surface area contributed by atoms with Gasteiger partial charge in [-0.25, -0.2) is 4.98 Å². The number of piperazine rings is 1. The maximum absolute atomic E-state index is 13.4. The average Bonchev–Trinajstić information content (AvgIpc) is 2.89. The van der Waals surface area contributed by atoms with Crippen LogP contribution in [0.2, 0.25) is 0 Å². The molecule has 8 heteroatoms. The number of benzene rings is 2. The Morgan fingerprint density at radius 3 is 2.41 bits per heavy atom. The third kappa shape index (κ3) is 5.65. The van der Waals surface area contributed by atoms with Gasteiger partial charge in [-0.1, -0.05) is 30.3 Å². The van der Waals surface area contributed by atoms with Gasteiger partial charge in [0.15, 0.2) is 5.78 Å². The first-order valence-electron chi connectivity index (χ1n) is 13.2. The molecule has 1 atom stereocenters. The maximum atomic E-state index is 13.4. The molecule has 1 unspecified atom stereocenters. The van der Waals surface area contributed by atoms with Gasteiger partial charge in [0.25, 0.3) is 5.56 Å². The Bertz CT molecular complexity index is 1340. The number of ketones is 2. The van der Waals surface area contributed by atoms with E-state index in [-0.39, 0.29) is 23.5 Å². The van der Waals surface area contributed by atoms with E-state index in [1.54, 1.807) is 6.07 Å². The summed E-state index contributed by atoms with van der Waals surface area (Å²) in [5, 5.41) is 3.87. The summed E-state index contributed by atoms with van der Waals surface area (Å²) < 4.78 is 1.40. The van der Waals surface area contributed by atoms with Crippen LogP contribution in [-0.4, -0.2) is 63.1 Å². The van der Waals surface area contributed by atoms with Crippen molar-refractivity contribution in [3.63, 3.8) is 0 Å². The van der Waals surface area contributed by atoms with Gasteiger partial charge in [0.05, 0.1) is 29.7 Å². The highest BCUT2D eigenvalue weighted by atomic mass is 16.2. The average molecular weight is 502 g/mol. The normalized spacial score (nSPS) is 19.6. The lowest BCUT2D eigenvalue weighted by Crippen LogP contribution is -2.48. The minimum Gasteiger partial charge on any atom is -0.380 e. The zero-order valence-electron chi connectivity index (χ0n) is 21.7. The third-order valence-electron chi connectivity index (χ3n) is 7.64. The van der Waals surface area contributed by atoms with E-state index in [9.17, 15) is 14.4 Å². The Morgan fingerprint density at radius 1 is 0.973 bits per heavy atom. The molecule has 0 bridgehead atoms. The van der Waals surface area contributed by atoms with Crippen LogP contribution in [0.3, 0.4) is 0 Å². The Morgan fingerprint density at radius 2 is 1.70 bits per heavy atom. The van der Waals surface area contributed by atoms with Gasteiger partial charge in [-0.2, -0.15) is 0 Å². The predicted molar refractivity (Wildman–Crippen MR) is 145 cm³/mol. The number of hydrogen-bond acceptors (Lipinski definition) is 7. The number of carbonyl (C=O) groups excluding carboxylic acids is 2. The summed E-state index contributed by atoms with van der Waals surface area (Å²) in [4.78, 5) is 47.0. The van der Waals surface area contributed by atoms with Crippen molar-refractivity contribution in [1.82, 2.24) is 19.4 Å². The molecule has 1 saturated carbocycles. The Kier molecular flexibility index (Phi) is 7.48. The van der Waals surface area contributed by atoms with E-state index in [2.05, 4.69) is 58.2 Å². The Hall–Kier alpha value is -3.36. The lowest BCUT2D eigenvalue weighted by molar-refractivity contribution is -0.132. The molecule has 1 aromatic heterocycles. The van der Waals surface area contributed by atoms with Crippen molar-refractivity contribution >= 4 is 28.2 Å². The second-order valence-electron chi connectivity index (χ2n) is 10.5. The molecule has 2 heterocycles. The molecule has 0 amide bonds. The standard InChI is InChI=1S/C29H35N5O3/c1-20(2)33-14-12-32(13-15-33)18-22-8-6-21(7-9-22)17-30-24-4-3-5-25-28(24)29(37)34(19-31-25)26-11-10-23(35)16-27(26)36/h3-9,19-20,26,30H,10-18H2,1-2H3. The second kappa shape index (κ2) is 10.9. The van der Waals surface area contributed by atoms with Gasteiger partial charge in [-0.05, 0) is 43.5 Å². The lowest BCUT2D eigenvalue weighted by Gasteiger charge is -2.36. The van der Waals surface area contributed by atoms with Crippen molar-refractivity contribution in [2.45, 2.75) is 58.3 Å². The highest BCUT2D eigenvalue weighted by molar-refractivity contribution is 6.03. The van der Waals surface area contributed by atoms with E-state index in [0.29, 0.717) is 42.0 Å². The number of carbonyl (C=O) groups is 2.